The minimum Gasteiger partial charge on any atom is -0.352 e. The second-order valence-corrected chi connectivity index (χ2v) is 7.53. The predicted molar refractivity (Wildman–Crippen MR) is 112 cm³/mol. The summed E-state index contributed by atoms with van der Waals surface area (Å²) in [6, 6.07) is 9.30. The van der Waals surface area contributed by atoms with Gasteiger partial charge < -0.3 is 15.5 Å². The molecule has 2 rings (SSSR count). The lowest BCUT2D eigenvalue weighted by Crippen LogP contribution is -2.44. The first-order chi connectivity index (χ1) is 12.9. The molecule has 1 fully saturated rings. The topological polar surface area (TPSA) is 60.0 Å². The minimum absolute atomic E-state index is 0.227. The number of carbonyl (C=O) groups is 1. The Morgan fingerprint density at radius 2 is 2.04 bits per heavy atom. The Balaban J connectivity index is 1.90. The maximum Gasteiger partial charge on any atom is 0.222 e. The summed E-state index contributed by atoms with van der Waals surface area (Å²) in [6.07, 6.45) is 1.53. The SMILES string of the molecule is CCC(=O)N1CCC(NC(=NC)NCc2ccccc2CN(C)C(C)C)C1. The van der Waals surface area contributed by atoms with Crippen LogP contribution in [0.1, 0.15) is 44.7 Å². The molecule has 1 aliphatic heterocycles. The van der Waals surface area contributed by atoms with Gasteiger partial charge >= 0.3 is 0 Å². The van der Waals surface area contributed by atoms with Gasteiger partial charge in [0.1, 0.15) is 0 Å². The Labute approximate surface area is 164 Å². The van der Waals surface area contributed by atoms with Crippen molar-refractivity contribution >= 4 is 11.9 Å². The molecular weight excluding hydrogens is 338 g/mol. The molecule has 0 aliphatic carbocycles. The lowest BCUT2D eigenvalue weighted by atomic mass is 10.1. The molecule has 0 bridgehead atoms. The number of benzene rings is 1. The van der Waals surface area contributed by atoms with Crippen LogP contribution in [0.2, 0.25) is 0 Å². The van der Waals surface area contributed by atoms with Gasteiger partial charge in [0, 0.05) is 51.7 Å². The van der Waals surface area contributed by atoms with Gasteiger partial charge in [-0.3, -0.25) is 14.7 Å². The molecule has 1 unspecified atom stereocenters. The molecule has 1 aliphatic rings. The minimum atomic E-state index is 0.227. The largest absolute Gasteiger partial charge is 0.352 e. The second kappa shape index (κ2) is 10.3. The highest BCUT2D eigenvalue weighted by Crippen LogP contribution is 2.13. The molecule has 1 saturated heterocycles. The van der Waals surface area contributed by atoms with Crippen LogP contribution in [0.15, 0.2) is 29.3 Å². The molecule has 0 saturated carbocycles. The molecule has 6 nitrogen and oxygen atoms in total. The number of likely N-dealkylation sites (tertiary alicyclic amines) is 1. The van der Waals surface area contributed by atoms with Gasteiger partial charge in [-0.25, -0.2) is 0 Å². The summed E-state index contributed by atoms with van der Waals surface area (Å²) in [5, 5.41) is 6.89. The van der Waals surface area contributed by atoms with Crippen LogP contribution in [0.4, 0.5) is 0 Å². The lowest BCUT2D eigenvalue weighted by Gasteiger charge is -2.23. The van der Waals surface area contributed by atoms with Crippen LogP contribution in [0.5, 0.6) is 0 Å². The molecule has 1 aromatic carbocycles. The van der Waals surface area contributed by atoms with Crippen molar-refractivity contribution in [3.8, 4) is 0 Å². The molecule has 1 atom stereocenters. The van der Waals surface area contributed by atoms with Gasteiger partial charge in [0.05, 0.1) is 0 Å². The lowest BCUT2D eigenvalue weighted by molar-refractivity contribution is -0.129. The van der Waals surface area contributed by atoms with Crippen LogP contribution in [-0.2, 0) is 17.9 Å². The predicted octanol–water partition coefficient (Wildman–Crippen LogP) is 2.20. The molecule has 1 amide bonds. The van der Waals surface area contributed by atoms with E-state index in [9.17, 15) is 4.79 Å². The van der Waals surface area contributed by atoms with E-state index in [1.165, 1.54) is 11.1 Å². The van der Waals surface area contributed by atoms with Crippen molar-refractivity contribution in [2.45, 2.75) is 58.8 Å². The van der Waals surface area contributed by atoms with Crippen LogP contribution in [0, 0.1) is 0 Å². The molecule has 6 heteroatoms. The Bertz CT molecular complexity index is 643. The standard InChI is InChI=1S/C21H35N5O/c1-6-20(27)26-12-11-19(15-26)24-21(22-4)23-13-17-9-7-8-10-18(17)14-25(5)16(2)3/h7-10,16,19H,6,11-15H2,1-5H3,(H2,22,23,24). The molecular formula is C21H35N5O. The number of nitrogens with one attached hydrogen (secondary N) is 2. The summed E-state index contributed by atoms with van der Waals surface area (Å²) in [5.41, 5.74) is 2.61. The fraction of sp³-hybridized carbons (Fsp3) is 0.619. The van der Waals surface area contributed by atoms with Crippen molar-refractivity contribution < 1.29 is 4.79 Å². The summed E-state index contributed by atoms with van der Waals surface area (Å²) in [5.74, 6) is 1.02. The second-order valence-electron chi connectivity index (χ2n) is 7.53. The number of carbonyl (C=O) groups excluding carboxylic acids is 1. The number of hydrogen-bond acceptors (Lipinski definition) is 3. The number of hydrogen-bond donors (Lipinski definition) is 2. The summed E-state index contributed by atoms with van der Waals surface area (Å²) in [7, 11) is 3.94. The van der Waals surface area contributed by atoms with Crippen molar-refractivity contribution in [3.05, 3.63) is 35.4 Å². The fourth-order valence-electron chi connectivity index (χ4n) is 3.23. The summed E-state index contributed by atoms with van der Waals surface area (Å²) in [6.45, 7) is 9.57. The van der Waals surface area contributed by atoms with Crippen molar-refractivity contribution in [1.82, 2.24) is 20.4 Å². The molecule has 1 heterocycles. The Morgan fingerprint density at radius 1 is 1.33 bits per heavy atom. The van der Waals surface area contributed by atoms with Crippen LogP contribution in [0.3, 0.4) is 0 Å². The molecule has 0 spiro atoms. The van der Waals surface area contributed by atoms with E-state index in [-0.39, 0.29) is 11.9 Å². The summed E-state index contributed by atoms with van der Waals surface area (Å²) < 4.78 is 0. The van der Waals surface area contributed by atoms with E-state index >= 15 is 0 Å². The van der Waals surface area contributed by atoms with Gasteiger partial charge in [-0.1, -0.05) is 31.2 Å². The third-order valence-corrected chi connectivity index (χ3v) is 5.27. The van der Waals surface area contributed by atoms with Crippen molar-refractivity contribution in [2.75, 3.05) is 27.2 Å². The first kappa shape index (κ1) is 21.2. The Hall–Kier alpha value is -2.08. The van der Waals surface area contributed by atoms with Gasteiger partial charge in [-0.2, -0.15) is 0 Å². The van der Waals surface area contributed by atoms with Crippen LogP contribution >= 0.6 is 0 Å². The summed E-state index contributed by atoms with van der Waals surface area (Å²) in [4.78, 5) is 20.5. The first-order valence-electron chi connectivity index (χ1n) is 9.96. The molecule has 150 valence electrons. The highest BCUT2D eigenvalue weighted by molar-refractivity contribution is 5.80. The average Bonchev–Trinajstić information content (AvgIpc) is 3.13. The van der Waals surface area contributed by atoms with Gasteiger partial charge in [-0.05, 0) is 38.4 Å². The molecule has 1 aromatic rings. The van der Waals surface area contributed by atoms with E-state index < -0.39 is 0 Å². The zero-order chi connectivity index (χ0) is 19.8. The fourth-order valence-corrected chi connectivity index (χ4v) is 3.23. The Morgan fingerprint density at radius 3 is 2.67 bits per heavy atom. The third-order valence-electron chi connectivity index (χ3n) is 5.27. The van der Waals surface area contributed by atoms with E-state index in [2.05, 4.69) is 65.7 Å². The molecule has 27 heavy (non-hydrogen) atoms. The van der Waals surface area contributed by atoms with Gasteiger partial charge in [0.15, 0.2) is 5.96 Å². The van der Waals surface area contributed by atoms with Crippen molar-refractivity contribution in [1.29, 1.82) is 0 Å². The van der Waals surface area contributed by atoms with Gasteiger partial charge in [-0.15, -0.1) is 0 Å². The molecule has 0 aromatic heterocycles. The average molecular weight is 374 g/mol. The van der Waals surface area contributed by atoms with E-state index in [1.807, 2.05) is 11.8 Å². The van der Waals surface area contributed by atoms with E-state index in [0.29, 0.717) is 12.5 Å². The van der Waals surface area contributed by atoms with Crippen LogP contribution < -0.4 is 10.6 Å². The highest BCUT2D eigenvalue weighted by Gasteiger charge is 2.25. The maximum absolute atomic E-state index is 11.8. The number of aliphatic imine (C=N–C) groups is 1. The number of guanidine groups is 1. The smallest absolute Gasteiger partial charge is 0.222 e. The number of nitrogens with zero attached hydrogens (tertiary/aromatic N) is 3. The van der Waals surface area contributed by atoms with E-state index in [4.69, 9.17) is 0 Å². The van der Waals surface area contributed by atoms with E-state index in [1.54, 1.807) is 7.05 Å². The monoisotopic (exact) mass is 373 g/mol. The maximum atomic E-state index is 11.8. The zero-order valence-corrected chi connectivity index (χ0v) is 17.5. The molecule has 2 N–H and O–H groups in total. The van der Waals surface area contributed by atoms with Crippen LogP contribution in [0.25, 0.3) is 0 Å². The number of amides is 1. The highest BCUT2D eigenvalue weighted by atomic mass is 16.2. The quantitative estimate of drug-likeness (QED) is 0.568. The number of rotatable bonds is 7. The van der Waals surface area contributed by atoms with E-state index in [0.717, 1.165) is 38.6 Å². The van der Waals surface area contributed by atoms with Crippen molar-refractivity contribution in [3.63, 3.8) is 0 Å². The zero-order valence-electron chi connectivity index (χ0n) is 17.5. The van der Waals surface area contributed by atoms with Crippen LogP contribution in [-0.4, -0.2) is 60.9 Å². The normalized spacial score (nSPS) is 17.7. The third kappa shape index (κ3) is 6.24. The molecule has 0 radical (unpaired) electrons. The summed E-state index contributed by atoms with van der Waals surface area (Å²) >= 11 is 0. The van der Waals surface area contributed by atoms with Crippen molar-refractivity contribution in [2.24, 2.45) is 4.99 Å². The Kier molecular flexibility index (Phi) is 8.10. The van der Waals surface area contributed by atoms with Gasteiger partial charge in [0.25, 0.3) is 0 Å². The van der Waals surface area contributed by atoms with Gasteiger partial charge in [0.2, 0.25) is 5.91 Å². The first-order valence-corrected chi connectivity index (χ1v) is 9.96.